The Hall–Kier alpha value is -2.17. The number of nitrogen functional groups attached to an aromatic ring is 1. The lowest BCUT2D eigenvalue weighted by Crippen LogP contribution is -1.98. The number of fused-ring (bicyclic) bond motifs is 1. The summed E-state index contributed by atoms with van der Waals surface area (Å²) in [6, 6.07) is 1.43. The highest BCUT2D eigenvalue weighted by molar-refractivity contribution is 5.98. The molecule has 2 rings (SSSR count). The Morgan fingerprint density at radius 1 is 1.41 bits per heavy atom. The number of aryl methyl sites for hydroxylation is 1. The van der Waals surface area contributed by atoms with Gasteiger partial charge in [0.2, 0.25) is 5.76 Å². The Bertz CT molecular complexity index is 613. The van der Waals surface area contributed by atoms with Crippen molar-refractivity contribution < 1.29 is 19.1 Å². The summed E-state index contributed by atoms with van der Waals surface area (Å²) < 4.78 is 10.5. The molecular weight excluding hydrogens is 222 g/mol. The second-order valence-corrected chi connectivity index (χ2v) is 3.86. The van der Waals surface area contributed by atoms with E-state index in [0.717, 1.165) is 11.1 Å². The molecule has 2 aromatic rings. The van der Waals surface area contributed by atoms with E-state index in [-0.39, 0.29) is 5.76 Å². The van der Waals surface area contributed by atoms with E-state index < -0.39 is 5.97 Å². The summed E-state index contributed by atoms with van der Waals surface area (Å²) in [4.78, 5) is 10.9. The molecule has 0 saturated heterocycles. The van der Waals surface area contributed by atoms with Gasteiger partial charge >= 0.3 is 5.97 Å². The molecule has 0 aliphatic carbocycles. The van der Waals surface area contributed by atoms with Crippen LogP contribution in [0.5, 0.6) is 5.75 Å². The van der Waals surface area contributed by atoms with E-state index >= 15 is 0 Å². The topological polar surface area (TPSA) is 85.7 Å². The van der Waals surface area contributed by atoms with Crippen LogP contribution in [0.1, 0.15) is 21.7 Å². The first-order chi connectivity index (χ1) is 7.97. The number of carboxylic acid groups (broad SMARTS) is 1. The normalized spacial score (nSPS) is 10.8. The van der Waals surface area contributed by atoms with Crippen LogP contribution in [0.15, 0.2) is 10.5 Å². The molecule has 5 heteroatoms. The molecular formula is C12H13NO4. The lowest BCUT2D eigenvalue weighted by atomic mass is 10.0. The SMILES string of the molecule is COc1c(N)c(C)c(C)c2oc(C(=O)O)cc12. The minimum Gasteiger partial charge on any atom is -0.494 e. The standard InChI is InChI=1S/C12H13NO4/c1-5-6(2)10-7(11(16-3)9(5)13)4-8(17-10)12(14)15/h4H,13H2,1-3H3,(H,14,15). The van der Waals surface area contributed by atoms with Crippen LogP contribution in [0.25, 0.3) is 11.0 Å². The molecule has 5 nitrogen and oxygen atoms in total. The highest BCUT2D eigenvalue weighted by atomic mass is 16.5. The van der Waals surface area contributed by atoms with Gasteiger partial charge in [-0.15, -0.1) is 0 Å². The quantitative estimate of drug-likeness (QED) is 0.780. The van der Waals surface area contributed by atoms with Gasteiger partial charge in [-0.05, 0) is 25.0 Å². The van der Waals surface area contributed by atoms with E-state index in [0.29, 0.717) is 22.4 Å². The number of rotatable bonds is 2. The number of furan rings is 1. The Labute approximate surface area is 97.8 Å². The maximum atomic E-state index is 10.9. The van der Waals surface area contributed by atoms with Crippen molar-refractivity contribution in [3.05, 3.63) is 23.0 Å². The van der Waals surface area contributed by atoms with Crippen molar-refractivity contribution in [2.45, 2.75) is 13.8 Å². The molecule has 1 heterocycles. The summed E-state index contributed by atoms with van der Waals surface area (Å²) >= 11 is 0. The van der Waals surface area contributed by atoms with Crippen LogP contribution >= 0.6 is 0 Å². The largest absolute Gasteiger partial charge is 0.494 e. The number of anilines is 1. The third-order valence-electron chi connectivity index (χ3n) is 2.94. The lowest BCUT2D eigenvalue weighted by molar-refractivity contribution is 0.0665. The first-order valence-corrected chi connectivity index (χ1v) is 5.06. The maximum Gasteiger partial charge on any atom is 0.371 e. The van der Waals surface area contributed by atoms with Crippen LogP contribution in [0.2, 0.25) is 0 Å². The molecule has 0 amide bonds. The van der Waals surface area contributed by atoms with Gasteiger partial charge in [-0.1, -0.05) is 0 Å². The van der Waals surface area contributed by atoms with Crippen molar-refractivity contribution >= 4 is 22.6 Å². The molecule has 1 aromatic heterocycles. The second-order valence-electron chi connectivity index (χ2n) is 3.86. The molecule has 17 heavy (non-hydrogen) atoms. The molecule has 0 aliphatic rings. The summed E-state index contributed by atoms with van der Waals surface area (Å²) in [6.07, 6.45) is 0. The number of carboxylic acids is 1. The molecule has 0 unspecified atom stereocenters. The van der Waals surface area contributed by atoms with Crippen LogP contribution in [-0.4, -0.2) is 18.2 Å². The third-order valence-corrected chi connectivity index (χ3v) is 2.94. The summed E-state index contributed by atoms with van der Waals surface area (Å²) in [7, 11) is 1.49. The monoisotopic (exact) mass is 235 g/mol. The summed E-state index contributed by atoms with van der Waals surface area (Å²) in [5, 5.41) is 9.50. The Kier molecular flexibility index (Phi) is 2.46. The van der Waals surface area contributed by atoms with Gasteiger partial charge in [0, 0.05) is 6.07 Å². The molecule has 0 saturated carbocycles. The number of methoxy groups -OCH3 is 1. The summed E-state index contributed by atoms with van der Waals surface area (Å²) in [5.74, 6) is -0.773. The van der Waals surface area contributed by atoms with Crippen molar-refractivity contribution in [2.75, 3.05) is 12.8 Å². The average molecular weight is 235 g/mol. The number of aromatic carboxylic acids is 1. The number of hydrogen-bond donors (Lipinski definition) is 2. The highest BCUT2D eigenvalue weighted by Crippen LogP contribution is 2.39. The Morgan fingerprint density at radius 2 is 2.06 bits per heavy atom. The molecule has 0 bridgehead atoms. The molecule has 90 valence electrons. The molecule has 0 spiro atoms. The van der Waals surface area contributed by atoms with Crippen molar-refractivity contribution in [1.82, 2.24) is 0 Å². The summed E-state index contributed by atoms with van der Waals surface area (Å²) in [6.45, 7) is 3.68. The Morgan fingerprint density at radius 3 is 2.59 bits per heavy atom. The van der Waals surface area contributed by atoms with Gasteiger partial charge in [-0.25, -0.2) is 4.79 Å². The van der Waals surface area contributed by atoms with Crippen molar-refractivity contribution in [3.8, 4) is 5.75 Å². The van der Waals surface area contributed by atoms with E-state index in [1.165, 1.54) is 13.2 Å². The van der Waals surface area contributed by atoms with Crippen LogP contribution in [0.3, 0.4) is 0 Å². The first kappa shape index (κ1) is 11.3. The number of carbonyl (C=O) groups is 1. The van der Waals surface area contributed by atoms with Gasteiger partial charge in [0.05, 0.1) is 18.2 Å². The zero-order chi connectivity index (χ0) is 12.7. The second kappa shape index (κ2) is 3.69. The molecule has 0 aliphatic heterocycles. The van der Waals surface area contributed by atoms with Gasteiger partial charge in [-0.3, -0.25) is 0 Å². The molecule has 0 atom stereocenters. The fourth-order valence-corrected chi connectivity index (χ4v) is 1.85. The predicted octanol–water partition coefficient (Wildman–Crippen LogP) is 2.34. The van der Waals surface area contributed by atoms with E-state index in [4.69, 9.17) is 20.0 Å². The minimum absolute atomic E-state index is 0.119. The predicted molar refractivity (Wildman–Crippen MR) is 63.6 cm³/mol. The minimum atomic E-state index is -1.11. The molecule has 3 N–H and O–H groups in total. The zero-order valence-corrected chi connectivity index (χ0v) is 9.83. The summed E-state index contributed by atoms with van der Waals surface area (Å²) in [5.41, 5.74) is 8.61. The fourth-order valence-electron chi connectivity index (χ4n) is 1.85. The van der Waals surface area contributed by atoms with Crippen LogP contribution in [0, 0.1) is 13.8 Å². The van der Waals surface area contributed by atoms with Crippen LogP contribution < -0.4 is 10.5 Å². The van der Waals surface area contributed by atoms with Crippen LogP contribution in [0.4, 0.5) is 5.69 Å². The fraction of sp³-hybridized carbons (Fsp3) is 0.250. The van der Waals surface area contributed by atoms with Gasteiger partial charge in [0.1, 0.15) is 5.58 Å². The maximum absolute atomic E-state index is 10.9. The average Bonchev–Trinajstić information content (AvgIpc) is 2.72. The van der Waals surface area contributed by atoms with Crippen molar-refractivity contribution in [3.63, 3.8) is 0 Å². The number of ether oxygens (including phenoxy) is 1. The van der Waals surface area contributed by atoms with Gasteiger partial charge in [0.25, 0.3) is 0 Å². The number of nitrogens with two attached hydrogens (primary N) is 1. The smallest absolute Gasteiger partial charge is 0.371 e. The number of benzene rings is 1. The van der Waals surface area contributed by atoms with E-state index in [9.17, 15) is 4.79 Å². The zero-order valence-electron chi connectivity index (χ0n) is 9.83. The van der Waals surface area contributed by atoms with E-state index in [1.807, 2.05) is 13.8 Å². The van der Waals surface area contributed by atoms with Gasteiger partial charge < -0.3 is 20.0 Å². The van der Waals surface area contributed by atoms with Crippen molar-refractivity contribution in [1.29, 1.82) is 0 Å². The van der Waals surface area contributed by atoms with E-state index in [2.05, 4.69) is 0 Å². The van der Waals surface area contributed by atoms with Gasteiger partial charge in [0.15, 0.2) is 5.75 Å². The molecule has 0 fully saturated rings. The molecule has 0 radical (unpaired) electrons. The van der Waals surface area contributed by atoms with Crippen molar-refractivity contribution in [2.24, 2.45) is 0 Å². The third kappa shape index (κ3) is 1.51. The lowest BCUT2D eigenvalue weighted by Gasteiger charge is -2.10. The number of hydrogen-bond acceptors (Lipinski definition) is 4. The van der Waals surface area contributed by atoms with Crippen LogP contribution in [-0.2, 0) is 0 Å². The van der Waals surface area contributed by atoms with Gasteiger partial charge in [-0.2, -0.15) is 0 Å². The molecule has 1 aromatic carbocycles. The first-order valence-electron chi connectivity index (χ1n) is 5.06. The Balaban J connectivity index is 2.91. The van der Waals surface area contributed by atoms with E-state index in [1.54, 1.807) is 0 Å². The highest BCUT2D eigenvalue weighted by Gasteiger charge is 2.19.